The third-order valence-corrected chi connectivity index (χ3v) is 13.9. The van der Waals surface area contributed by atoms with Gasteiger partial charge in [-0.3, -0.25) is 9.78 Å². The zero-order valence-electron chi connectivity index (χ0n) is 35.0. The Morgan fingerprint density at radius 3 is 2.13 bits per heavy atom. The summed E-state index contributed by atoms with van der Waals surface area (Å²) in [5, 5.41) is 17.3. The Bertz CT molecular complexity index is 2290. The Balaban J connectivity index is 0.000000320. The summed E-state index contributed by atoms with van der Waals surface area (Å²) in [6, 6.07) is 26.1. The summed E-state index contributed by atoms with van der Waals surface area (Å²) in [7, 11) is 0. The molecule has 6 aromatic rings. The van der Waals surface area contributed by atoms with E-state index in [9.17, 15) is 9.90 Å². The molecular formula is C49H60IrNO2S2-. The summed E-state index contributed by atoms with van der Waals surface area (Å²) in [5.41, 5.74) is 6.74. The average Bonchev–Trinajstić information content (AvgIpc) is 3.76. The van der Waals surface area contributed by atoms with Crippen molar-refractivity contribution in [3.05, 3.63) is 99.9 Å². The fraction of sp³-hybridized carbons (Fsp3) is 0.429. The van der Waals surface area contributed by atoms with Gasteiger partial charge in [0.1, 0.15) is 10.6 Å². The van der Waals surface area contributed by atoms with Crippen LogP contribution in [0.5, 0.6) is 0 Å². The van der Waals surface area contributed by atoms with Crippen LogP contribution in [0.4, 0.5) is 0 Å². The fourth-order valence-corrected chi connectivity index (χ4v) is 9.19. The van der Waals surface area contributed by atoms with Crippen LogP contribution in [0.25, 0.3) is 53.5 Å². The number of carbonyl (C=O) groups is 1. The Labute approximate surface area is 352 Å². The standard InChI is InChI=1S/C34H32NS2.C15H28O2.Ir/c1-20(2)15-32-21(3)27-17-23(11-12-31(27)37-32)28-19-30(35-33-26(28)13-14-36-33)24-16-22-9-7-8-10-25(22)29(18-24)34(4,5)6;1-7-14(5,8-2)12(16)11-13(17)15(6,9-3)10-4;/h7-14,17-20H,15H2,1-6H3;11,16H,7-10H2,1-6H3;/q-1;;/b;12-11-;. The third-order valence-electron chi connectivity index (χ3n) is 11.8. The molecule has 295 valence electrons. The molecule has 0 aliphatic carbocycles. The van der Waals surface area contributed by atoms with Crippen molar-refractivity contribution < 1.29 is 30.0 Å². The molecule has 0 aliphatic heterocycles. The number of aliphatic hydroxyl groups excluding tert-OH is 1. The van der Waals surface area contributed by atoms with Gasteiger partial charge in [-0.25, -0.2) is 0 Å². The summed E-state index contributed by atoms with van der Waals surface area (Å²) < 4.78 is 1.38. The number of aliphatic hydroxyl groups is 1. The summed E-state index contributed by atoms with van der Waals surface area (Å²) in [4.78, 5) is 19.9. The predicted molar refractivity (Wildman–Crippen MR) is 237 cm³/mol. The maximum atomic E-state index is 12.2. The van der Waals surface area contributed by atoms with Crippen LogP contribution < -0.4 is 0 Å². The van der Waals surface area contributed by atoms with Crippen molar-refractivity contribution in [1.82, 2.24) is 4.98 Å². The van der Waals surface area contributed by atoms with Crippen LogP contribution in [-0.4, -0.2) is 15.9 Å². The molecular weight excluding hydrogens is 891 g/mol. The van der Waals surface area contributed by atoms with Crippen molar-refractivity contribution in [3.8, 4) is 22.4 Å². The smallest absolute Gasteiger partial charge is 0.164 e. The Morgan fingerprint density at radius 1 is 0.855 bits per heavy atom. The number of hydrogen-bond donors (Lipinski definition) is 1. The van der Waals surface area contributed by atoms with E-state index < -0.39 is 0 Å². The first-order valence-corrected chi connectivity index (χ1v) is 21.5. The van der Waals surface area contributed by atoms with Gasteiger partial charge < -0.3 is 5.11 Å². The molecule has 0 unspecified atom stereocenters. The number of carbonyl (C=O) groups excluding carboxylic acids is 1. The van der Waals surface area contributed by atoms with Gasteiger partial charge in [-0.2, -0.15) is 0 Å². The molecule has 0 amide bonds. The molecule has 3 heterocycles. The van der Waals surface area contributed by atoms with Crippen LogP contribution in [0.3, 0.4) is 0 Å². The van der Waals surface area contributed by atoms with Crippen LogP contribution in [0.1, 0.15) is 118 Å². The monoisotopic (exact) mass is 951 g/mol. The van der Waals surface area contributed by atoms with E-state index in [2.05, 4.69) is 114 Å². The number of aryl methyl sites for hydroxylation is 1. The first-order chi connectivity index (χ1) is 25.5. The number of nitrogens with zero attached hydrogens (tertiary/aromatic N) is 1. The van der Waals surface area contributed by atoms with Crippen LogP contribution in [0, 0.1) is 29.7 Å². The second-order valence-electron chi connectivity index (χ2n) is 17.0. The van der Waals surface area contributed by atoms with E-state index in [0.29, 0.717) is 5.92 Å². The van der Waals surface area contributed by atoms with Gasteiger partial charge in [-0.05, 0) is 96.0 Å². The number of rotatable bonds is 11. The van der Waals surface area contributed by atoms with Gasteiger partial charge >= 0.3 is 0 Å². The summed E-state index contributed by atoms with van der Waals surface area (Å²) in [5.74, 6) is 0.948. The summed E-state index contributed by atoms with van der Waals surface area (Å²) in [6.45, 7) is 25.8. The largest absolute Gasteiger partial charge is 0.512 e. The molecule has 0 bridgehead atoms. The van der Waals surface area contributed by atoms with E-state index in [1.165, 1.54) is 54.1 Å². The molecule has 6 heteroatoms. The van der Waals surface area contributed by atoms with Gasteiger partial charge in [-0.15, -0.1) is 51.8 Å². The van der Waals surface area contributed by atoms with Gasteiger partial charge in [0, 0.05) is 57.7 Å². The average molecular weight is 951 g/mol. The van der Waals surface area contributed by atoms with Gasteiger partial charge in [0.25, 0.3) is 0 Å². The maximum absolute atomic E-state index is 12.2. The minimum Gasteiger partial charge on any atom is -0.512 e. The minimum absolute atomic E-state index is 0. The fourth-order valence-electron chi connectivity index (χ4n) is 7.00. The van der Waals surface area contributed by atoms with E-state index in [0.717, 1.165) is 53.6 Å². The van der Waals surface area contributed by atoms with Crippen molar-refractivity contribution in [1.29, 1.82) is 0 Å². The molecule has 3 aromatic heterocycles. The first-order valence-electron chi connectivity index (χ1n) is 19.8. The number of aromatic nitrogens is 1. The Morgan fingerprint density at radius 2 is 1.51 bits per heavy atom. The van der Waals surface area contributed by atoms with Crippen LogP contribution in [0.2, 0.25) is 0 Å². The van der Waals surface area contributed by atoms with Gasteiger partial charge in [0.2, 0.25) is 0 Å². The third kappa shape index (κ3) is 9.53. The second-order valence-corrected chi connectivity index (χ2v) is 19.0. The minimum atomic E-state index is -0.337. The molecule has 55 heavy (non-hydrogen) atoms. The van der Waals surface area contributed by atoms with Crippen LogP contribution >= 0.6 is 22.7 Å². The van der Waals surface area contributed by atoms with Crippen molar-refractivity contribution in [2.75, 3.05) is 0 Å². The molecule has 1 N–H and O–H groups in total. The van der Waals surface area contributed by atoms with Gasteiger partial charge in [0.05, 0.1) is 0 Å². The Hall–Kier alpha value is -3.15. The van der Waals surface area contributed by atoms with E-state index in [1.54, 1.807) is 11.3 Å². The molecule has 3 aromatic carbocycles. The number of benzene rings is 3. The first kappa shape index (κ1) is 44.6. The predicted octanol–water partition coefficient (Wildman–Crippen LogP) is 15.3. The molecule has 0 spiro atoms. The molecule has 0 atom stereocenters. The van der Waals surface area contributed by atoms with E-state index in [1.807, 2.05) is 52.9 Å². The normalized spacial score (nSPS) is 12.6. The zero-order valence-corrected chi connectivity index (χ0v) is 39.0. The van der Waals surface area contributed by atoms with Crippen molar-refractivity contribution in [2.45, 2.75) is 121 Å². The van der Waals surface area contributed by atoms with Crippen molar-refractivity contribution in [2.24, 2.45) is 16.7 Å². The summed E-state index contributed by atoms with van der Waals surface area (Å²) in [6.07, 6.45) is 5.90. The molecule has 1 radical (unpaired) electrons. The topological polar surface area (TPSA) is 50.2 Å². The maximum Gasteiger partial charge on any atom is 0.164 e. The van der Waals surface area contributed by atoms with Crippen LogP contribution in [0.15, 0.2) is 77.9 Å². The molecule has 0 aliphatic rings. The van der Waals surface area contributed by atoms with E-state index in [4.69, 9.17) is 4.98 Å². The van der Waals surface area contributed by atoms with Crippen LogP contribution in [-0.2, 0) is 36.7 Å². The quantitative estimate of drug-likeness (QED) is 0.0800. The van der Waals surface area contributed by atoms with Gasteiger partial charge in [-0.1, -0.05) is 117 Å². The Kier molecular flexibility index (Phi) is 14.6. The number of pyridine rings is 1. The molecule has 3 nitrogen and oxygen atoms in total. The number of ketones is 1. The van der Waals surface area contributed by atoms with Crippen molar-refractivity contribution >= 4 is 59.5 Å². The number of thiophene rings is 2. The van der Waals surface area contributed by atoms with Crippen molar-refractivity contribution in [3.63, 3.8) is 0 Å². The van der Waals surface area contributed by atoms with E-state index in [-0.39, 0.29) is 47.9 Å². The number of hydrogen-bond acceptors (Lipinski definition) is 5. The molecule has 0 fully saturated rings. The molecule has 6 rings (SSSR count). The molecule has 0 saturated heterocycles. The van der Waals surface area contributed by atoms with Gasteiger partial charge in [0.15, 0.2) is 5.78 Å². The molecule has 0 saturated carbocycles. The number of allylic oxidation sites excluding steroid dienone is 2. The SMILES string of the molecule is CCC(C)(CC)C(=O)/C=C(\O)C(C)(CC)CC.Cc1c(CC(C)C)sc2ccc(-c3cc(-c4[c-]c5ccccc5c(C(C)(C)C)c4)nc4sccc34)cc12.[Ir]. The summed E-state index contributed by atoms with van der Waals surface area (Å²) >= 11 is 3.66. The second kappa shape index (κ2) is 18.0. The number of fused-ring (bicyclic) bond motifs is 3. The van der Waals surface area contributed by atoms with E-state index >= 15 is 0 Å². The zero-order chi connectivity index (χ0) is 39.6.